The molecule has 0 radical (unpaired) electrons. The van der Waals surface area contributed by atoms with Crippen LogP contribution in [0.15, 0.2) is 42.6 Å². The summed E-state index contributed by atoms with van der Waals surface area (Å²) in [6, 6.07) is 12.0. The highest BCUT2D eigenvalue weighted by Gasteiger charge is 2.22. The van der Waals surface area contributed by atoms with Gasteiger partial charge in [-0.25, -0.2) is 4.68 Å². The maximum atomic E-state index is 12.6. The summed E-state index contributed by atoms with van der Waals surface area (Å²) in [6.07, 6.45) is 3.42. The van der Waals surface area contributed by atoms with Crippen molar-refractivity contribution in [3.8, 4) is 0 Å². The predicted molar refractivity (Wildman–Crippen MR) is 102 cm³/mol. The van der Waals surface area contributed by atoms with Gasteiger partial charge in [-0.1, -0.05) is 30.3 Å². The maximum absolute atomic E-state index is 12.6. The molecule has 26 heavy (non-hydrogen) atoms. The van der Waals surface area contributed by atoms with Gasteiger partial charge in [0.05, 0.1) is 6.20 Å². The first-order chi connectivity index (χ1) is 12.3. The molecule has 1 aliphatic heterocycles. The number of halogens is 1. The molecule has 7 nitrogen and oxygen atoms in total. The number of rotatable bonds is 5. The second kappa shape index (κ2) is 8.16. The zero-order valence-electron chi connectivity index (χ0n) is 14.2. The van der Waals surface area contributed by atoms with Gasteiger partial charge in [0.1, 0.15) is 5.82 Å². The Labute approximate surface area is 157 Å². The largest absolute Gasteiger partial charge is 0.312 e. The number of aromatic nitrogens is 4. The van der Waals surface area contributed by atoms with Crippen LogP contribution in [0.4, 0.5) is 5.82 Å². The van der Waals surface area contributed by atoms with Gasteiger partial charge in [-0.15, -0.1) is 12.4 Å². The van der Waals surface area contributed by atoms with E-state index < -0.39 is 0 Å². The fraction of sp³-hybridized carbons (Fsp3) is 0.278. The SMILES string of the molecule is Cl.O=C(Nc1ccnn1CCc1ccccc1)c1n[nH]c2c1CNCC2. The average molecular weight is 373 g/mol. The summed E-state index contributed by atoms with van der Waals surface area (Å²) in [7, 11) is 0. The van der Waals surface area contributed by atoms with Crippen LogP contribution in [0.3, 0.4) is 0 Å². The molecule has 0 saturated heterocycles. The van der Waals surface area contributed by atoms with E-state index in [9.17, 15) is 4.79 Å². The Kier molecular flexibility index (Phi) is 5.70. The molecule has 1 aromatic carbocycles. The predicted octanol–water partition coefficient (Wildman–Crippen LogP) is 2.17. The van der Waals surface area contributed by atoms with E-state index in [0.717, 1.165) is 30.6 Å². The van der Waals surface area contributed by atoms with Gasteiger partial charge in [0.15, 0.2) is 5.69 Å². The van der Waals surface area contributed by atoms with Crippen molar-refractivity contribution in [1.29, 1.82) is 0 Å². The quantitative estimate of drug-likeness (QED) is 0.640. The third kappa shape index (κ3) is 3.79. The Balaban J connectivity index is 0.00000196. The van der Waals surface area contributed by atoms with Gasteiger partial charge in [0.25, 0.3) is 5.91 Å². The van der Waals surface area contributed by atoms with Crippen molar-refractivity contribution >= 4 is 24.1 Å². The number of carbonyl (C=O) groups excluding carboxylic acids is 1. The van der Waals surface area contributed by atoms with Gasteiger partial charge >= 0.3 is 0 Å². The zero-order valence-corrected chi connectivity index (χ0v) is 15.1. The standard InChI is InChI=1S/C18H20N6O.ClH/c25-18(17-14-12-19-9-6-15(14)22-23-17)21-16-7-10-20-24(16)11-8-13-4-2-1-3-5-13;/h1-5,7,10,19H,6,8-9,11-12H2,(H,21,25)(H,22,23);1H. The lowest BCUT2D eigenvalue weighted by atomic mass is 10.1. The van der Waals surface area contributed by atoms with Gasteiger partial charge in [0, 0.05) is 43.4 Å². The van der Waals surface area contributed by atoms with E-state index in [-0.39, 0.29) is 18.3 Å². The number of benzene rings is 1. The monoisotopic (exact) mass is 372 g/mol. The number of hydrogen-bond acceptors (Lipinski definition) is 4. The summed E-state index contributed by atoms with van der Waals surface area (Å²) in [5.41, 5.74) is 3.70. The van der Waals surface area contributed by atoms with Crippen molar-refractivity contribution in [2.75, 3.05) is 11.9 Å². The first kappa shape index (κ1) is 18.2. The van der Waals surface area contributed by atoms with Crippen LogP contribution in [0.5, 0.6) is 0 Å². The molecule has 0 fully saturated rings. The van der Waals surface area contributed by atoms with E-state index in [1.54, 1.807) is 12.3 Å². The van der Waals surface area contributed by atoms with Crippen molar-refractivity contribution in [2.24, 2.45) is 0 Å². The van der Waals surface area contributed by atoms with E-state index in [4.69, 9.17) is 0 Å². The third-order valence-corrected chi connectivity index (χ3v) is 4.43. The minimum atomic E-state index is -0.206. The lowest BCUT2D eigenvalue weighted by Gasteiger charge is -2.13. The Hall–Kier alpha value is -2.64. The van der Waals surface area contributed by atoms with Crippen molar-refractivity contribution in [3.05, 3.63) is 65.1 Å². The van der Waals surface area contributed by atoms with Crippen molar-refractivity contribution < 1.29 is 4.79 Å². The van der Waals surface area contributed by atoms with Crippen LogP contribution in [0.25, 0.3) is 0 Å². The summed E-state index contributed by atoms with van der Waals surface area (Å²) >= 11 is 0. The molecule has 1 aliphatic rings. The number of nitrogens with one attached hydrogen (secondary N) is 3. The number of aromatic amines is 1. The topological polar surface area (TPSA) is 87.6 Å². The van der Waals surface area contributed by atoms with Gasteiger partial charge in [0.2, 0.25) is 0 Å². The molecule has 0 saturated carbocycles. The first-order valence-electron chi connectivity index (χ1n) is 8.45. The lowest BCUT2D eigenvalue weighted by Crippen LogP contribution is -2.25. The van der Waals surface area contributed by atoms with E-state index >= 15 is 0 Å². The highest BCUT2D eigenvalue weighted by Crippen LogP contribution is 2.17. The summed E-state index contributed by atoms with van der Waals surface area (Å²) in [4.78, 5) is 12.6. The van der Waals surface area contributed by atoms with Crippen molar-refractivity contribution in [3.63, 3.8) is 0 Å². The molecule has 1 amide bonds. The molecule has 0 atom stereocenters. The molecule has 136 valence electrons. The molecule has 0 bridgehead atoms. The fourth-order valence-electron chi connectivity index (χ4n) is 3.09. The van der Waals surface area contributed by atoms with Crippen molar-refractivity contribution in [1.82, 2.24) is 25.3 Å². The van der Waals surface area contributed by atoms with E-state index in [1.807, 2.05) is 22.9 Å². The van der Waals surface area contributed by atoms with Crippen LogP contribution < -0.4 is 10.6 Å². The molecular formula is C18H21ClN6O. The third-order valence-electron chi connectivity index (χ3n) is 4.43. The summed E-state index contributed by atoms with van der Waals surface area (Å²) in [5.74, 6) is 0.476. The molecule has 0 unspecified atom stereocenters. The van der Waals surface area contributed by atoms with Crippen LogP contribution in [0.1, 0.15) is 27.3 Å². The average Bonchev–Trinajstić information content (AvgIpc) is 3.27. The maximum Gasteiger partial charge on any atom is 0.277 e. The molecular weight excluding hydrogens is 352 g/mol. The molecule has 3 N–H and O–H groups in total. The molecule has 3 aromatic rings. The summed E-state index contributed by atoms with van der Waals surface area (Å²) in [6.45, 7) is 2.28. The fourth-order valence-corrected chi connectivity index (χ4v) is 3.09. The number of H-pyrrole nitrogens is 1. The smallest absolute Gasteiger partial charge is 0.277 e. The Bertz CT molecular complexity index is 873. The van der Waals surface area contributed by atoms with Crippen LogP contribution in [0.2, 0.25) is 0 Å². The normalized spacial score (nSPS) is 12.9. The van der Waals surface area contributed by atoms with E-state index in [0.29, 0.717) is 24.6 Å². The lowest BCUT2D eigenvalue weighted by molar-refractivity contribution is 0.102. The minimum Gasteiger partial charge on any atom is -0.312 e. The highest BCUT2D eigenvalue weighted by molar-refractivity contribution is 6.03. The highest BCUT2D eigenvalue weighted by atomic mass is 35.5. The van der Waals surface area contributed by atoms with Gasteiger partial charge in [-0.05, 0) is 12.0 Å². The Morgan fingerprint density at radius 1 is 1.23 bits per heavy atom. The van der Waals surface area contributed by atoms with Gasteiger partial charge in [-0.2, -0.15) is 10.2 Å². The van der Waals surface area contributed by atoms with Crippen LogP contribution in [0, 0.1) is 0 Å². The second-order valence-corrected chi connectivity index (χ2v) is 6.09. The van der Waals surface area contributed by atoms with E-state index in [1.165, 1.54) is 5.56 Å². The molecule has 0 aliphatic carbocycles. The van der Waals surface area contributed by atoms with Crippen LogP contribution >= 0.6 is 12.4 Å². The first-order valence-corrected chi connectivity index (χ1v) is 8.45. The Morgan fingerprint density at radius 3 is 2.92 bits per heavy atom. The molecule has 8 heteroatoms. The van der Waals surface area contributed by atoms with Crippen molar-refractivity contribution in [2.45, 2.75) is 25.9 Å². The van der Waals surface area contributed by atoms with Crippen LogP contribution in [-0.4, -0.2) is 32.4 Å². The van der Waals surface area contributed by atoms with Gasteiger partial charge in [-0.3, -0.25) is 9.89 Å². The summed E-state index contributed by atoms with van der Waals surface area (Å²) in [5, 5.41) is 17.7. The number of anilines is 1. The minimum absolute atomic E-state index is 0. The number of amides is 1. The Morgan fingerprint density at radius 2 is 2.08 bits per heavy atom. The molecule has 3 heterocycles. The number of carbonyl (C=O) groups is 1. The second-order valence-electron chi connectivity index (χ2n) is 6.09. The molecule has 0 spiro atoms. The summed E-state index contributed by atoms with van der Waals surface area (Å²) < 4.78 is 1.81. The molecule has 2 aromatic heterocycles. The number of nitrogens with zero attached hydrogens (tertiary/aromatic N) is 3. The van der Waals surface area contributed by atoms with E-state index in [2.05, 4.69) is 38.1 Å². The van der Waals surface area contributed by atoms with Crippen LogP contribution in [-0.2, 0) is 25.9 Å². The number of hydrogen-bond donors (Lipinski definition) is 3. The zero-order chi connectivity index (χ0) is 17.1. The molecule has 4 rings (SSSR count). The number of fused-ring (bicyclic) bond motifs is 1. The number of aryl methyl sites for hydroxylation is 2. The van der Waals surface area contributed by atoms with Gasteiger partial charge < -0.3 is 10.6 Å².